The third-order valence-corrected chi connectivity index (χ3v) is 5.49. The molecule has 1 unspecified atom stereocenters. The Kier molecular flexibility index (Phi) is 19.6. The van der Waals surface area contributed by atoms with Gasteiger partial charge in [0.15, 0.2) is 5.97 Å². The van der Waals surface area contributed by atoms with Gasteiger partial charge >= 0.3 is 11.9 Å². The summed E-state index contributed by atoms with van der Waals surface area (Å²) in [5, 5.41) is 19.2. The Morgan fingerprint density at radius 3 is 1.50 bits per heavy atom. The van der Waals surface area contributed by atoms with Crippen LogP contribution in [0.5, 0.6) is 0 Å². The van der Waals surface area contributed by atoms with E-state index in [4.69, 9.17) is 9.84 Å². The van der Waals surface area contributed by atoms with Crippen LogP contribution in [0.1, 0.15) is 129 Å². The van der Waals surface area contributed by atoms with E-state index in [9.17, 15) is 19.5 Å². The molecule has 0 saturated heterocycles. The molecule has 30 heavy (non-hydrogen) atoms. The molecule has 0 aromatic rings. The molecule has 0 rings (SSSR count). The number of hydrogen-bond acceptors (Lipinski definition) is 5. The van der Waals surface area contributed by atoms with E-state index in [0.717, 1.165) is 64.2 Å². The summed E-state index contributed by atoms with van der Waals surface area (Å²) >= 11 is 0. The lowest BCUT2D eigenvalue weighted by molar-refractivity contribution is -0.304. The summed E-state index contributed by atoms with van der Waals surface area (Å²) in [7, 11) is 0. The highest BCUT2D eigenvalue weighted by Crippen LogP contribution is 2.17. The summed E-state index contributed by atoms with van der Waals surface area (Å²) in [6.07, 6.45) is 19.4. The summed E-state index contributed by atoms with van der Waals surface area (Å²) in [6.45, 7) is 2.10. The van der Waals surface area contributed by atoms with Crippen LogP contribution in [-0.4, -0.2) is 29.1 Å². The minimum atomic E-state index is -1.76. The van der Waals surface area contributed by atoms with Gasteiger partial charge in [-0.2, -0.15) is 0 Å². The number of ether oxygens (including phenoxy) is 1. The Bertz CT molecular complexity index is 449. The summed E-state index contributed by atoms with van der Waals surface area (Å²) in [5.41, 5.74) is 0. The molecule has 0 spiro atoms. The predicted molar refractivity (Wildman–Crippen MR) is 116 cm³/mol. The van der Waals surface area contributed by atoms with Crippen molar-refractivity contribution in [3.05, 3.63) is 0 Å². The number of carboxylic acids is 2. The molecule has 0 fully saturated rings. The SMILES string of the molecule is CCCCCC(CCCCCCCCCCCCCCCC(=O)O)OC(=O)C(=O)[O-]. The van der Waals surface area contributed by atoms with Crippen LogP contribution in [0.4, 0.5) is 0 Å². The largest absolute Gasteiger partial charge is 0.539 e. The van der Waals surface area contributed by atoms with E-state index >= 15 is 0 Å². The minimum absolute atomic E-state index is 0.296. The topological polar surface area (TPSA) is 104 Å². The summed E-state index contributed by atoms with van der Waals surface area (Å²) in [5.74, 6) is -3.69. The third-order valence-electron chi connectivity index (χ3n) is 5.49. The van der Waals surface area contributed by atoms with Crippen LogP contribution in [0.25, 0.3) is 0 Å². The van der Waals surface area contributed by atoms with Crippen LogP contribution in [0.2, 0.25) is 0 Å². The van der Waals surface area contributed by atoms with Crippen molar-refractivity contribution in [3.8, 4) is 0 Å². The lowest BCUT2D eigenvalue weighted by Gasteiger charge is -2.18. The first kappa shape index (κ1) is 28.4. The average Bonchev–Trinajstić information content (AvgIpc) is 2.70. The van der Waals surface area contributed by atoms with Crippen molar-refractivity contribution in [2.24, 2.45) is 0 Å². The molecular weight excluding hydrogens is 384 g/mol. The van der Waals surface area contributed by atoms with E-state index in [2.05, 4.69) is 6.92 Å². The van der Waals surface area contributed by atoms with Crippen LogP contribution in [-0.2, 0) is 19.1 Å². The Hall–Kier alpha value is -1.59. The Balaban J connectivity index is 3.54. The zero-order chi connectivity index (χ0) is 22.5. The molecule has 0 heterocycles. The first-order chi connectivity index (χ1) is 14.5. The zero-order valence-electron chi connectivity index (χ0n) is 19.0. The first-order valence-electron chi connectivity index (χ1n) is 12.1. The van der Waals surface area contributed by atoms with Crippen molar-refractivity contribution >= 4 is 17.9 Å². The van der Waals surface area contributed by atoms with Crippen LogP contribution < -0.4 is 5.11 Å². The van der Waals surface area contributed by atoms with Gasteiger partial charge in [0.05, 0.1) is 0 Å². The number of carbonyl (C=O) groups excluding carboxylic acids is 2. The van der Waals surface area contributed by atoms with Gasteiger partial charge in [0.25, 0.3) is 0 Å². The lowest BCUT2D eigenvalue weighted by Crippen LogP contribution is -2.35. The average molecular weight is 428 g/mol. The van der Waals surface area contributed by atoms with Crippen LogP contribution in [0.15, 0.2) is 0 Å². The molecule has 6 nitrogen and oxygen atoms in total. The van der Waals surface area contributed by atoms with E-state index < -0.39 is 17.9 Å². The van der Waals surface area contributed by atoms with Crippen molar-refractivity contribution in [3.63, 3.8) is 0 Å². The van der Waals surface area contributed by atoms with Crippen LogP contribution in [0, 0.1) is 0 Å². The second kappa shape index (κ2) is 20.7. The van der Waals surface area contributed by atoms with Gasteiger partial charge in [-0.15, -0.1) is 0 Å². The monoisotopic (exact) mass is 427 g/mol. The molecule has 0 aromatic carbocycles. The van der Waals surface area contributed by atoms with Gasteiger partial charge < -0.3 is 19.7 Å². The van der Waals surface area contributed by atoms with Gasteiger partial charge in [0.2, 0.25) is 0 Å². The molecule has 176 valence electrons. The molecule has 0 radical (unpaired) electrons. The Morgan fingerprint density at radius 2 is 1.10 bits per heavy atom. The number of aliphatic carboxylic acids is 2. The number of carbonyl (C=O) groups is 3. The van der Waals surface area contributed by atoms with E-state index in [1.807, 2.05) is 0 Å². The van der Waals surface area contributed by atoms with Gasteiger partial charge in [-0.3, -0.25) is 4.79 Å². The molecule has 1 N–H and O–H groups in total. The molecule has 0 aliphatic rings. The molecule has 6 heteroatoms. The molecule has 0 bridgehead atoms. The highest BCUT2D eigenvalue weighted by molar-refractivity contribution is 6.27. The van der Waals surface area contributed by atoms with Crippen molar-refractivity contribution in [2.75, 3.05) is 0 Å². The first-order valence-corrected chi connectivity index (χ1v) is 12.1. The lowest BCUT2D eigenvalue weighted by atomic mass is 10.0. The second-order valence-corrected chi connectivity index (χ2v) is 8.34. The minimum Gasteiger partial charge on any atom is -0.539 e. The fourth-order valence-electron chi connectivity index (χ4n) is 3.68. The van der Waals surface area contributed by atoms with Crippen molar-refractivity contribution in [1.29, 1.82) is 0 Å². The van der Waals surface area contributed by atoms with Crippen molar-refractivity contribution < 1.29 is 29.3 Å². The predicted octanol–water partition coefficient (Wildman–Crippen LogP) is 5.16. The van der Waals surface area contributed by atoms with E-state index in [1.54, 1.807) is 0 Å². The van der Waals surface area contributed by atoms with Gasteiger partial charge in [-0.25, -0.2) is 4.79 Å². The van der Waals surface area contributed by atoms with Crippen molar-refractivity contribution in [2.45, 2.75) is 135 Å². The number of carboxylic acid groups (broad SMARTS) is 2. The number of rotatable bonds is 21. The van der Waals surface area contributed by atoms with Crippen LogP contribution >= 0.6 is 0 Å². The van der Waals surface area contributed by atoms with Gasteiger partial charge in [0, 0.05) is 6.42 Å². The molecule has 0 amide bonds. The molecule has 0 aliphatic heterocycles. The van der Waals surface area contributed by atoms with E-state index in [1.165, 1.54) is 51.4 Å². The maximum atomic E-state index is 11.3. The van der Waals surface area contributed by atoms with Crippen molar-refractivity contribution in [1.82, 2.24) is 0 Å². The molecule has 0 aliphatic carbocycles. The second-order valence-electron chi connectivity index (χ2n) is 8.34. The highest BCUT2D eigenvalue weighted by Gasteiger charge is 2.14. The van der Waals surface area contributed by atoms with Gasteiger partial charge in [-0.1, -0.05) is 90.4 Å². The van der Waals surface area contributed by atoms with E-state index in [0.29, 0.717) is 6.42 Å². The number of esters is 1. The molecule has 0 saturated carbocycles. The number of hydrogen-bond donors (Lipinski definition) is 1. The standard InChI is InChI=1S/C24H44O6/c1-2-3-15-18-21(30-24(29)23(27)28)19-16-13-11-9-7-5-4-6-8-10-12-14-17-20-22(25)26/h21H,2-20H2,1H3,(H,25,26)(H,27,28)/p-1. The quantitative estimate of drug-likeness (QED) is 0.154. The normalized spacial score (nSPS) is 11.9. The highest BCUT2D eigenvalue weighted by atomic mass is 16.6. The fraction of sp³-hybridized carbons (Fsp3) is 0.875. The van der Waals surface area contributed by atoms with Gasteiger partial charge in [-0.05, 0) is 32.1 Å². The zero-order valence-corrected chi connectivity index (χ0v) is 19.0. The maximum absolute atomic E-state index is 11.3. The summed E-state index contributed by atoms with van der Waals surface area (Å²) in [6, 6.07) is 0. The Morgan fingerprint density at radius 1 is 0.700 bits per heavy atom. The number of unbranched alkanes of at least 4 members (excludes halogenated alkanes) is 14. The molecule has 0 aromatic heterocycles. The summed E-state index contributed by atoms with van der Waals surface area (Å²) < 4.78 is 5.06. The Labute approximate surface area is 182 Å². The van der Waals surface area contributed by atoms with E-state index in [-0.39, 0.29) is 6.10 Å². The van der Waals surface area contributed by atoms with Gasteiger partial charge in [0.1, 0.15) is 6.10 Å². The summed E-state index contributed by atoms with van der Waals surface area (Å²) in [4.78, 5) is 32.3. The smallest absolute Gasteiger partial charge is 0.354 e. The van der Waals surface area contributed by atoms with Crippen LogP contribution in [0.3, 0.4) is 0 Å². The third kappa shape index (κ3) is 19.7. The molecule has 1 atom stereocenters. The fourth-order valence-corrected chi connectivity index (χ4v) is 3.68. The molecular formula is C24H43O6-. The maximum Gasteiger partial charge on any atom is 0.354 e.